The average Bonchev–Trinajstić information content (AvgIpc) is 2.67. The summed E-state index contributed by atoms with van der Waals surface area (Å²) in [6.45, 7) is 0. The van der Waals surface area contributed by atoms with Gasteiger partial charge < -0.3 is 5.32 Å². The van der Waals surface area contributed by atoms with E-state index in [0.29, 0.717) is 10.2 Å². The lowest BCUT2D eigenvalue weighted by Gasteiger charge is -2.28. The predicted molar refractivity (Wildman–Crippen MR) is 108 cm³/mol. The number of anilines is 1. The van der Waals surface area contributed by atoms with Crippen molar-refractivity contribution in [3.05, 3.63) is 57.1 Å². The zero-order chi connectivity index (χ0) is 20.1. The van der Waals surface area contributed by atoms with Crippen molar-refractivity contribution in [1.29, 1.82) is 0 Å². The second-order valence-corrected chi connectivity index (χ2v) is 9.38. The quantitative estimate of drug-likeness (QED) is 0.564. The second-order valence-electron chi connectivity index (χ2n) is 7.14. The van der Waals surface area contributed by atoms with Gasteiger partial charge in [-0.05, 0) is 31.0 Å². The lowest BCUT2D eigenvalue weighted by molar-refractivity contribution is 0.0976. The Labute approximate surface area is 171 Å². The number of fused-ring (bicyclic) bond motifs is 2. The summed E-state index contributed by atoms with van der Waals surface area (Å²) in [5.74, 6) is -1.04. The van der Waals surface area contributed by atoms with Crippen LogP contribution in [0.5, 0.6) is 0 Å². The smallest absolute Gasteiger partial charge is 0.295 e. The molecule has 0 unspecified atom stereocenters. The minimum Gasteiger partial charge on any atom is -0.382 e. The van der Waals surface area contributed by atoms with Crippen molar-refractivity contribution >= 4 is 43.3 Å². The molecule has 0 bridgehead atoms. The Hall–Kier alpha value is -2.03. The van der Waals surface area contributed by atoms with Gasteiger partial charge in [0.15, 0.2) is 11.6 Å². The van der Waals surface area contributed by atoms with Crippen LogP contribution in [0.4, 0.5) is 5.69 Å². The summed E-state index contributed by atoms with van der Waals surface area (Å²) in [7, 11) is -4.66. The van der Waals surface area contributed by atoms with Gasteiger partial charge >= 0.3 is 0 Å². The summed E-state index contributed by atoms with van der Waals surface area (Å²) in [5, 5.41) is 3.37. The zero-order valence-corrected chi connectivity index (χ0v) is 17.3. The van der Waals surface area contributed by atoms with Crippen molar-refractivity contribution in [3.8, 4) is 0 Å². The summed E-state index contributed by atoms with van der Waals surface area (Å²) in [5.41, 5.74) is 0.578. The highest BCUT2D eigenvalue weighted by Gasteiger charge is 2.37. The third kappa shape index (κ3) is 3.19. The van der Waals surface area contributed by atoms with Gasteiger partial charge in [-0.25, -0.2) is 0 Å². The SMILES string of the molecule is O=C1c2cccc(S(=O)(=O)O)c2C(=O)c2c(NC3CCCCC3)ccc(Br)c21. The van der Waals surface area contributed by atoms with E-state index in [0.717, 1.165) is 31.7 Å². The van der Waals surface area contributed by atoms with Crippen LogP contribution < -0.4 is 5.32 Å². The number of carbonyl (C=O) groups excluding carboxylic acids is 2. The molecule has 2 aromatic carbocycles. The highest BCUT2D eigenvalue weighted by Crippen LogP contribution is 2.39. The molecule has 6 nitrogen and oxygen atoms in total. The molecule has 8 heteroatoms. The van der Waals surface area contributed by atoms with Gasteiger partial charge in [0.05, 0.1) is 11.1 Å². The fourth-order valence-corrected chi connectivity index (χ4v) is 5.27. The first-order valence-electron chi connectivity index (χ1n) is 9.08. The summed E-state index contributed by atoms with van der Waals surface area (Å²) in [4.78, 5) is 25.9. The molecule has 0 saturated heterocycles. The van der Waals surface area contributed by atoms with Crippen molar-refractivity contribution in [2.45, 2.75) is 43.0 Å². The van der Waals surface area contributed by atoms with E-state index in [9.17, 15) is 22.6 Å². The molecule has 0 spiro atoms. The molecule has 0 amide bonds. The number of hydrogen-bond acceptors (Lipinski definition) is 5. The van der Waals surface area contributed by atoms with Crippen molar-refractivity contribution in [1.82, 2.24) is 0 Å². The maximum absolute atomic E-state index is 13.3. The van der Waals surface area contributed by atoms with Crippen molar-refractivity contribution < 1.29 is 22.6 Å². The first-order chi connectivity index (χ1) is 13.3. The van der Waals surface area contributed by atoms with Crippen LogP contribution in [0.2, 0.25) is 0 Å². The number of rotatable bonds is 3. The van der Waals surface area contributed by atoms with Crippen LogP contribution in [-0.2, 0) is 10.1 Å². The molecule has 2 aromatic rings. The Morgan fingerprint density at radius 2 is 1.64 bits per heavy atom. The van der Waals surface area contributed by atoms with Crippen LogP contribution in [0.1, 0.15) is 63.9 Å². The summed E-state index contributed by atoms with van der Waals surface area (Å²) in [6.07, 6.45) is 5.32. The molecule has 146 valence electrons. The van der Waals surface area contributed by atoms with Crippen molar-refractivity contribution in [2.75, 3.05) is 5.32 Å². The van der Waals surface area contributed by atoms with Crippen LogP contribution in [0, 0.1) is 0 Å². The molecule has 0 heterocycles. The molecule has 0 atom stereocenters. The highest BCUT2D eigenvalue weighted by molar-refractivity contribution is 9.10. The Balaban J connectivity index is 1.90. The van der Waals surface area contributed by atoms with Crippen molar-refractivity contribution in [3.63, 3.8) is 0 Å². The molecule has 0 aliphatic heterocycles. The number of ketones is 2. The van der Waals surface area contributed by atoms with Gasteiger partial charge in [-0.2, -0.15) is 8.42 Å². The first kappa shape index (κ1) is 19.3. The maximum Gasteiger partial charge on any atom is 0.295 e. The average molecular weight is 464 g/mol. The number of halogens is 1. The Kier molecular flexibility index (Phi) is 4.89. The molecule has 0 aromatic heterocycles. The summed E-state index contributed by atoms with van der Waals surface area (Å²) < 4.78 is 33.6. The monoisotopic (exact) mass is 463 g/mol. The zero-order valence-electron chi connectivity index (χ0n) is 14.9. The lowest BCUT2D eigenvalue weighted by atomic mass is 9.83. The number of nitrogens with one attached hydrogen (secondary N) is 1. The van der Waals surface area contributed by atoms with E-state index in [4.69, 9.17) is 0 Å². The standard InChI is InChI=1S/C20H18BrNO5S/c21-13-9-10-14(22-11-5-2-1-3-6-11)18-17(13)19(23)12-7-4-8-15(28(25,26)27)16(12)20(18)24/h4,7-11,22H,1-3,5-6H2,(H,25,26,27). The third-order valence-electron chi connectivity index (χ3n) is 5.35. The minimum absolute atomic E-state index is 0.0249. The number of hydrogen-bond donors (Lipinski definition) is 2. The summed E-state index contributed by atoms with van der Waals surface area (Å²) in [6, 6.07) is 7.52. The van der Waals surface area contributed by atoms with Gasteiger partial charge in [0, 0.05) is 27.3 Å². The number of benzene rings is 2. The molecule has 28 heavy (non-hydrogen) atoms. The largest absolute Gasteiger partial charge is 0.382 e. The van der Waals surface area contributed by atoms with Gasteiger partial charge in [-0.3, -0.25) is 14.1 Å². The lowest BCUT2D eigenvalue weighted by Crippen LogP contribution is -2.28. The molecule has 2 aliphatic carbocycles. The molecule has 4 rings (SSSR count). The normalized spacial score (nSPS) is 17.2. The second kappa shape index (κ2) is 7.09. The fraction of sp³-hybridized carbons (Fsp3) is 0.300. The van der Waals surface area contributed by atoms with E-state index in [1.54, 1.807) is 12.1 Å². The van der Waals surface area contributed by atoms with Crippen LogP contribution in [0.3, 0.4) is 0 Å². The molecular weight excluding hydrogens is 446 g/mol. The van der Waals surface area contributed by atoms with Gasteiger partial charge in [-0.1, -0.05) is 47.3 Å². The third-order valence-corrected chi connectivity index (χ3v) is 6.91. The Morgan fingerprint density at radius 1 is 0.929 bits per heavy atom. The molecule has 1 fully saturated rings. The van der Waals surface area contributed by atoms with E-state index in [-0.39, 0.29) is 28.3 Å². The van der Waals surface area contributed by atoms with E-state index in [1.807, 2.05) is 0 Å². The van der Waals surface area contributed by atoms with Gasteiger partial charge in [-0.15, -0.1) is 0 Å². The number of carbonyl (C=O) groups is 2. The van der Waals surface area contributed by atoms with Crippen molar-refractivity contribution in [2.24, 2.45) is 0 Å². The topological polar surface area (TPSA) is 101 Å². The van der Waals surface area contributed by atoms with Gasteiger partial charge in [0.25, 0.3) is 10.1 Å². The molecule has 0 radical (unpaired) electrons. The van der Waals surface area contributed by atoms with E-state index in [2.05, 4.69) is 21.2 Å². The molecule has 2 N–H and O–H groups in total. The first-order valence-corrected chi connectivity index (χ1v) is 11.3. The minimum atomic E-state index is -4.66. The maximum atomic E-state index is 13.3. The van der Waals surface area contributed by atoms with Crippen LogP contribution in [-0.4, -0.2) is 30.6 Å². The highest BCUT2D eigenvalue weighted by atomic mass is 79.9. The van der Waals surface area contributed by atoms with E-state index >= 15 is 0 Å². The fourth-order valence-electron chi connectivity index (χ4n) is 4.05. The molecule has 1 saturated carbocycles. The Morgan fingerprint density at radius 3 is 2.32 bits per heavy atom. The van der Waals surface area contributed by atoms with Gasteiger partial charge in [0.2, 0.25) is 0 Å². The van der Waals surface area contributed by atoms with Crippen LogP contribution in [0.15, 0.2) is 39.7 Å². The molecule has 2 aliphatic rings. The predicted octanol–water partition coefficient (Wildman–Crippen LogP) is 4.22. The summed E-state index contributed by atoms with van der Waals surface area (Å²) >= 11 is 3.35. The van der Waals surface area contributed by atoms with Crippen LogP contribution >= 0.6 is 15.9 Å². The van der Waals surface area contributed by atoms with E-state index in [1.165, 1.54) is 18.6 Å². The Bertz CT molecular complexity index is 1100. The van der Waals surface area contributed by atoms with E-state index < -0.39 is 26.6 Å². The van der Waals surface area contributed by atoms with Gasteiger partial charge in [0.1, 0.15) is 4.90 Å². The van der Waals surface area contributed by atoms with Crippen LogP contribution in [0.25, 0.3) is 0 Å². The molecular formula is C20H18BrNO5S.